The van der Waals surface area contributed by atoms with Gasteiger partial charge in [0, 0.05) is 6.20 Å². The van der Waals surface area contributed by atoms with E-state index >= 15 is 0 Å². The molecule has 2 aromatic rings. The smallest absolute Gasteiger partial charge is 0.337 e. The molecule has 1 aliphatic rings. The van der Waals surface area contributed by atoms with Gasteiger partial charge < -0.3 is 5.11 Å². The first-order valence-corrected chi connectivity index (χ1v) is 6.47. The van der Waals surface area contributed by atoms with Gasteiger partial charge in [-0.3, -0.25) is 0 Å². The number of hydrogen-bond acceptors (Lipinski definition) is 2. The largest absolute Gasteiger partial charge is 0.478 e. The van der Waals surface area contributed by atoms with Gasteiger partial charge in [-0.25, -0.2) is 9.31 Å². The predicted octanol–water partition coefficient (Wildman–Crippen LogP) is 3.08. The van der Waals surface area contributed by atoms with Gasteiger partial charge in [-0.1, -0.05) is 19.3 Å². The fourth-order valence-corrected chi connectivity index (χ4v) is 3.00. The summed E-state index contributed by atoms with van der Waals surface area (Å²) in [6.07, 6.45) is 9.18. The Morgan fingerprint density at radius 2 is 2.11 bits per heavy atom. The summed E-state index contributed by atoms with van der Waals surface area (Å²) in [5.74, 6) is -0.503. The number of aromatic nitrogens is 2. The third-order valence-corrected chi connectivity index (χ3v) is 3.85. The van der Waals surface area contributed by atoms with Gasteiger partial charge in [0.25, 0.3) is 0 Å². The van der Waals surface area contributed by atoms with E-state index < -0.39 is 5.97 Å². The summed E-state index contributed by atoms with van der Waals surface area (Å²) in [6, 6.07) is 3.88. The molecule has 3 rings (SSSR count). The Bertz CT molecular complexity index is 582. The first-order chi connectivity index (χ1) is 8.77. The van der Waals surface area contributed by atoms with Crippen LogP contribution in [0.5, 0.6) is 0 Å². The fourth-order valence-electron chi connectivity index (χ4n) is 3.00. The highest BCUT2D eigenvalue weighted by Gasteiger charge is 2.24. The summed E-state index contributed by atoms with van der Waals surface area (Å²) in [5.41, 5.74) is 2.29. The molecular weight excluding hydrogens is 228 g/mol. The molecule has 18 heavy (non-hydrogen) atoms. The summed E-state index contributed by atoms with van der Waals surface area (Å²) in [5, 5.41) is 13.5. The first kappa shape index (κ1) is 11.3. The molecule has 0 aromatic carbocycles. The van der Waals surface area contributed by atoms with Gasteiger partial charge in [0.15, 0.2) is 0 Å². The van der Waals surface area contributed by atoms with E-state index in [1.54, 1.807) is 4.52 Å². The first-order valence-electron chi connectivity index (χ1n) is 6.47. The lowest BCUT2D eigenvalue weighted by atomic mass is 9.82. The van der Waals surface area contributed by atoms with Crippen LogP contribution in [0.4, 0.5) is 0 Å². The highest BCUT2D eigenvalue weighted by molar-refractivity contribution is 5.91. The van der Waals surface area contributed by atoms with Crippen LogP contribution in [0.1, 0.15) is 53.9 Å². The Morgan fingerprint density at radius 1 is 1.33 bits per heavy atom. The number of carboxylic acid groups (broad SMARTS) is 1. The van der Waals surface area contributed by atoms with Crippen molar-refractivity contribution in [2.75, 3.05) is 0 Å². The van der Waals surface area contributed by atoms with Crippen LogP contribution in [0.2, 0.25) is 0 Å². The number of fused-ring (bicyclic) bond motifs is 1. The van der Waals surface area contributed by atoms with Crippen LogP contribution < -0.4 is 0 Å². The number of nitrogens with zero attached hydrogens (tertiary/aromatic N) is 2. The molecule has 0 aliphatic heterocycles. The van der Waals surface area contributed by atoms with E-state index in [9.17, 15) is 9.90 Å². The molecule has 0 saturated heterocycles. The van der Waals surface area contributed by atoms with Crippen molar-refractivity contribution in [1.29, 1.82) is 0 Å². The van der Waals surface area contributed by atoms with E-state index in [1.165, 1.54) is 25.5 Å². The monoisotopic (exact) mass is 244 g/mol. The Labute approximate surface area is 105 Å². The van der Waals surface area contributed by atoms with Gasteiger partial charge >= 0.3 is 5.97 Å². The normalized spacial score (nSPS) is 17.1. The maximum Gasteiger partial charge on any atom is 0.337 e. The molecule has 0 radical (unpaired) electrons. The molecule has 94 valence electrons. The van der Waals surface area contributed by atoms with E-state index in [2.05, 4.69) is 5.10 Å². The van der Waals surface area contributed by atoms with Crippen molar-refractivity contribution < 1.29 is 9.90 Å². The number of carboxylic acids is 1. The van der Waals surface area contributed by atoms with E-state index in [4.69, 9.17) is 0 Å². The Hall–Kier alpha value is -1.84. The van der Waals surface area contributed by atoms with Crippen LogP contribution in [-0.2, 0) is 0 Å². The summed E-state index contributed by atoms with van der Waals surface area (Å²) in [4.78, 5) is 11.4. The van der Waals surface area contributed by atoms with Crippen molar-refractivity contribution in [3.63, 3.8) is 0 Å². The number of rotatable bonds is 2. The fraction of sp³-hybridized carbons (Fsp3) is 0.429. The van der Waals surface area contributed by atoms with Crippen molar-refractivity contribution in [3.8, 4) is 0 Å². The van der Waals surface area contributed by atoms with Crippen LogP contribution in [0.3, 0.4) is 0 Å². The highest BCUT2D eigenvalue weighted by atomic mass is 16.4. The second kappa shape index (κ2) is 4.44. The number of hydrogen-bond donors (Lipinski definition) is 1. The third kappa shape index (κ3) is 1.78. The molecule has 4 nitrogen and oxygen atoms in total. The zero-order chi connectivity index (χ0) is 12.5. The van der Waals surface area contributed by atoms with Gasteiger partial charge in [0.05, 0.1) is 17.3 Å². The quantitative estimate of drug-likeness (QED) is 0.883. The number of carbonyl (C=O) groups is 1. The summed E-state index contributed by atoms with van der Waals surface area (Å²) in [6.45, 7) is 0. The zero-order valence-corrected chi connectivity index (χ0v) is 10.2. The third-order valence-electron chi connectivity index (χ3n) is 3.85. The minimum absolute atomic E-state index is 0.366. The second-order valence-electron chi connectivity index (χ2n) is 4.95. The lowest BCUT2D eigenvalue weighted by Gasteiger charge is -2.24. The molecule has 1 fully saturated rings. The molecule has 1 saturated carbocycles. The summed E-state index contributed by atoms with van der Waals surface area (Å²) < 4.78 is 1.77. The van der Waals surface area contributed by atoms with Crippen LogP contribution in [0, 0.1) is 0 Å². The Morgan fingerprint density at radius 3 is 2.83 bits per heavy atom. The minimum atomic E-state index is -0.869. The van der Waals surface area contributed by atoms with Crippen LogP contribution >= 0.6 is 0 Å². The van der Waals surface area contributed by atoms with E-state index in [0.717, 1.165) is 23.9 Å². The summed E-state index contributed by atoms with van der Waals surface area (Å²) >= 11 is 0. The second-order valence-corrected chi connectivity index (χ2v) is 4.95. The molecule has 2 aromatic heterocycles. The predicted molar refractivity (Wildman–Crippen MR) is 68.0 cm³/mol. The molecule has 0 atom stereocenters. The van der Waals surface area contributed by atoms with Gasteiger partial charge in [0.2, 0.25) is 0 Å². The molecule has 0 spiro atoms. The Balaban J connectivity index is 2.18. The average molecular weight is 244 g/mol. The van der Waals surface area contributed by atoms with Crippen molar-refractivity contribution in [2.24, 2.45) is 0 Å². The van der Waals surface area contributed by atoms with Crippen LogP contribution in [0.15, 0.2) is 24.5 Å². The van der Waals surface area contributed by atoms with Gasteiger partial charge in [-0.2, -0.15) is 5.10 Å². The van der Waals surface area contributed by atoms with E-state index in [0.29, 0.717) is 11.5 Å². The van der Waals surface area contributed by atoms with E-state index in [1.807, 2.05) is 18.3 Å². The minimum Gasteiger partial charge on any atom is -0.478 e. The van der Waals surface area contributed by atoms with Crippen LogP contribution in [0.25, 0.3) is 5.52 Å². The molecular formula is C14H16N2O2. The molecule has 1 N–H and O–H groups in total. The molecule has 2 heterocycles. The van der Waals surface area contributed by atoms with Crippen molar-refractivity contribution in [2.45, 2.75) is 38.0 Å². The molecule has 0 amide bonds. The highest BCUT2D eigenvalue weighted by Crippen LogP contribution is 2.36. The van der Waals surface area contributed by atoms with Crippen molar-refractivity contribution in [3.05, 3.63) is 35.7 Å². The lowest BCUT2D eigenvalue weighted by molar-refractivity contribution is 0.0694. The number of aromatic carboxylic acids is 1. The molecule has 0 bridgehead atoms. The van der Waals surface area contributed by atoms with Crippen LogP contribution in [-0.4, -0.2) is 20.7 Å². The maximum atomic E-state index is 11.4. The zero-order valence-electron chi connectivity index (χ0n) is 10.2. The van der Waals surface area contributed by atoms with Gasteiger partial charge in [-0.05, 0) is 36.5 Å². The standard InChI is InChI=1S/C14H16N2O2/c17-14(18)11-9-15-16-8-4-7-12(16)13(11)10-5-2-1-3-6-10/h4,7-10H,1-3,5-6H2,(H,17,18). The van der Waals surface area contributed by atoms with Gasteiger partial charge in [0.1, 0.15) is 0 Å². The SMILES string of the molecule is O=C(O)c1cnn2cccc2c1C1CCCCC1. The molecule has 1 aliphatic carbocycles. The summed E-state index contributed by atoms with van der Waals surface area (Å²) in [7, 11) is 0. The van der Waals surface area contributed by atoms with E-state index in [-0.39, 0.29) is 0 Å². The average Bonchev–Trinajstić information content (AvgIpc) is 2.86. The van der Waals surface area contributed by atoms with Gasteiger partial charge in [-0.15, -0.1) is 0 Å². The lowest BCUT2D eigenvalue weighted by Crippen LogP contribution is -2.13. The molecule has 4 heteroatoms. The molecule has 0 unspecified atom stereocenters. The Kier molecular flexibility index (Phi) is 2.78. The maximum absolute atomic E-state index is 11.4. The van der Waals surface area contributed by atoms with Crippen molar-refractivity contribution in [1.82, 2.24) is 9.61 Å². The topological polar surface area (TPSA) is 54.6 Å². The van der Waals surface area contributed by atoms with Crippen molar-refractivity contribution >= 4 is 11.5 Å².